The summed E-state index contributed by atoms with van der Waals surface area (Å²) >= 11 is 7.52. The van der Waals surface area contributed by atoms with Crippen molar-refractivity contribution in [2.24, 2.45) is 0 Å². The van der Waals surface area contributed by atoms with Crippen LogP contribution in [-0.2, 0) is 6.61 Å². The van der Waals surface area contributed by atoms with Crippen LogP contribution in [-0.4, -0.2) is 14.6 Å². The van der Waals surface area contributed by atoms with Gasteiger partial charge < -0.3 is 4.74 Å². The summed E-state index contributed by atoms with van der Waals surface area (Å²) in [5.74, 6) is 1.15. The second kappa shape index (κ2) is 8.34. The van der Waals surface area contributed by atoms with Gasteiger partial charge in [-0.25, -0.2) is 0 Å². The Balaban J connectivity index is 1.49. The Morgan fingerprint density at radius 1 is 0.968 bits per heavy atom. The molecule has 0 aliphatic carbocycles. The highest BCUT2D eigenvalue weighted by molar-refractivity contribution is 7.15. The van der Waals surface area contributed by atoms with E-state index in [1.807, 2.05) is 78.9 Å². The topological polar surface area (TPSA) is 56.5 Å². The van der Waals surface area contributed by atoms with Gasteiger partial charge in [0.05, 0.1) is 9.55 Å². The molecule has 0 atom stereocenters. The average molecular weight is 446 g/mol. The molecule has 5 aromatic rings. The fourth-order valence-electron chi connectivity index (χ4n) is 3.20. The van der Waals surface area contributed by atoms with Crippen molar-refractivity contribution in [2.75, 3.05) is 0 Å². The highest BCUT2D eigenvalue weighted by Crippen LogP contribution is 2.25. The van der Waals surface area contributed by atoms with E-state index < -0.39 is 0 Å². The van der Waals surface area contributed by atoms with Crippen LogP contribution in [0.4, 0.5) is 0 Å². The second-order valence-electron chi connectivity index (χ2n) is 6.84. The minimum absolute atomic E-state index is 0.219. The molecule has 0 unspecified atom stereocenters. The van der Waals surface area contributed by atoms with Crippen LogP contribution in [0.25, 0.3) is 22.4 Å². The Bertz CT molecular complexity index is 1480. The predicted octanol–water partition coefficient (Wildman–Crippen LogP) is 4.60. The quantitative estimate of drug-likeness (QED) is 0.397. The lowest BCUT2D eigenvalue weighted by Crippen LogP contribution is -2.23. The van der Waals surface area contributed by atoms with E-state index in [4.69, 9.17) is 16.3 Å². The van der Waals surface area contributed by atoms with Crippen LogP contribution in [0.3, 0.4) is 0 Å². The van der Waals surface area contributed by atoms with Gasteiger partial charge in [-0.15, -0.1) is 5.10 Å². The van der Waals surface area contributed by atoms with E-state index >= 15 is 0 Å². The van der Waals surface area contributed by atoms with Gasteiger partial charge >= 0.3 is 0 Å². The molecule has 0 fully saturated rings. The molecule has 5 nitrogen and oxygen atoms in total. The number of hydrogen-bond acceptors (Lipinski definition) is 5. The zero-order valence-electron chi connectivity index (χ0n) is 16.2. The Morgan fingerprint density at radius 3 is 2.52 bits per heavy atom. The number of hydrogen-bond donors (Lipinski definition) is 0. The molecule has 152 valence electrons. The summed E-state index contributed by atoms with van der Waals surface area (Å²) in [5.41, 5.74) is 2.38. The number of benzene rings is 3. The van der Waals surface area contributed by atoms with Gasteiger partial charge in [-0.05, 0) is 29.8 Å². The molecule has 0 saturated carbocycles. The van der Waals surface area contributed by atoms with E-state index in [9.17, 15) is 4.79 Å². The van der Waals surface area contributed by atoms with E-state index in [-0.39, 0.29) is 5.56 Å². The normalized spacial score (nSPS) is 11.8. The number of thiazole rings is 1. The minimum atomic E-state index is -0.219. The summed E-state index contributed by atoms with van der Waals surface area (Å²) in [6, 6.07) is 24.9. The van der Waals surface area contributed by atoms with Crippen molar-refractivity contribution in [2.45, 2.75) is 6.61 Å². The van der Waals surface area contributed by atoms with Crippen molar-refractivity contribution in [3.63, 3.8) is 0 Å². The number of fused-ring (bicyclic) bond motifs is 1. The molecule has 2 heterocycles. The van der Waals surface area contributed by atoms with Gasteiger partial charge in [0, 0.05) is 11.1 Å². The number of halogens is 1. The first kappa shape index (κ1) is 19.5. The van der Waals surface area contributed by atoms with Gasteiger partial charge in [0.25, 0.3) is 5.56 Å². The number of para-hydroxylation sites is 1. The maximum Gasteiger partial charge on any atom is 0.291 e. The number of rotatable bonds is 5. The van der Waals surface area contributed by atoms with Gasteiger partial charge in [-0.1, -0.05) is 83.6 Å². The molecular formula is C24H16ClN3O2S. The zero-order valence-corrected chi connectivity index (χ0v) is 17.8. The standard InChI is InChI=1S/C24H16ClN3O2S/c25-19-12-6-5-11-18(19)22-26-24-28(27-22)23(29)21(31-24)14-17-10-4-7-13-20(17)30-15-16-8-2-1-3-9-16/h1-14H,15H2/b21-14+. The Morgan fingerprint density at radius 2 is 1.71 bits per heavy atom. The van der Waals surface area contributed by atoms with E-state index in [2.05, 4.69) is 10.1 Å². The molecule has 0 spiro atoms. The third-order valence-electron chi connectivity index (χ3n) is 4.74. The lowest BCUT2D eigenvalue weighted by atomic mass is 10.2. The Kier molecular flexibility index (Phi) is 5.24. The van der Waals surface area contributed by atoms with Crippen molar-refractivity contribution < 1.29 is 4.74 Å². The highest BCUT2D eigenvalue weighted by atomic mass is 35.5. The number of aromatic nitrogens is 3. The van der Waals surface area contributed by atoms with Gasteiger partial charge in [0.2, 0.25) is 4.96 Å². The average Bonchev–Trinajstić information content (AvgIpc) is 3.33. The smallest absolute Gasteiger partial charge is 0.291 e. The van der Waals surface area contributed by atoms with E-state index in [0.29, 0.717) is 38.3 Å². The van der Waals surface area contributed by atoms with Crippen molar-refractivity contribution in [3.05, 3.63) is 110 Å². The highest BCUT2D eigenvalue weighted by Gasteiger charge is 2.14. The van der Waals surface area contributed by atoms with Crippen LogP contribution >= 0.6 is 22.9 Å². The zero-order chi connectivity index (χ0) is 21.2. The van der Waals surface area contributed by atoms with Gasteiger partial charge in [-0.2, -0.15) is 9.50 Å². The summed E-state index contributed by atoms with van der Waals surface area (Å²) in [6.07, 6.45) is 1.82. The van der Waals surface area contributed by atoms with Gasteiger partial charge in [-0.3, -0.25) is 4.79 Å². The van der Waals surface area contributed by atoms with Gasteiger partial charge in [0.1, 0.15) is 12.4 Å². The van der Waals surface area contributed by atoms with E-state index in [0.717, 1.165) is 11.1 Å². The van der Waals surface area contributed by atoms with E-state index in [1.165, 1.54) is 15.9 Å². The molecule has 0 bridgehead atoms. The van der Waals surface area contributed by atoms with Crippen LogP contribution in [0, 0.1) is 0 Å². The van der Waals surface area contributed by atoms with Crippen LogP contribution in [0.2, 0.25) is 5.02 Å². The predicted molar refractivity (Wildman–Crippen MR) is 124 cm³/mol. The largest absolute Gasteiger partial charge is 0.488 e. The third kappa shape index (κ3) is 3.95. The van der Waals surface area contributed by atoms with Crippen LogP contribution < -0.4 is 14.8 Å². The first-order chi connectivity index (χ1) is 15.2. The molecule has 0 amide bonds. The first-order valence-electron chi connectivity index (χ1n) is 9.61. The molecule has 5 rings (SSSR count). The number of nitrogens with zero attached hydrogens (tertiary/aromatic N) is 3. The lowest BCUT2D eigenvalue weighted by molar-refractivity contribution is 0.305. The molecule has 3 aromatic carbocycles. The van der Waals surface area contributed by atoms with Gasteiger partial charge in [0.15, 0.2) is 5.82 Å². The molecule has 0 aliphatic rings. The molecule has 0 aliphatic heterocycles. The van der Waals surface area contributed by atoms with Crippen molar-refractivity contribution >= 4 is 34.0 Å². The molecule has 2 aromatic heterocycles. The third-order valence-corrected chi connectivity index (χ3v) is 6.03. The second-order valence-corrected chi connectivity index (χ2v) is 8.25. The van der Waals surface area contributed by atoms with Crippen molar-refractivity contribution in [1.29, 1.82) is 0 Å². The maximum absolute atomic E-state index is 12.9. The lowest BCUT2D eigenvalue weighted by Gasteiger charge is -2.08. The van der Waals surface area contributed by atoms with Crippen LogP contribution in [0.15, 0.2) is 83.7 Å². The molecule has 0 saturated heterocycles. The van der Waals surface area contributed by atoms with Crippen molar-refractivity contribution in [3.8, 4) is 17.1 Å². The Labute approximate surface area is 186 Å². The maximum atomic E-state index is 12.9. The molecule has 0 N–H and O–H groups in total. The first-order valence-corrected chi connectivity index (χ1v) is 10.8. The summed E-state index contributed by atoms with van der Waals surface area (Å²) in [5, 5.41) is 4.92. The fraction of sp³-hybridized carbons (Fsp3) is 0.0417. The minimum Gasteiger partial charge on any atom is -0.488 e. The van der Waals surface area contributed by atoms with Crippen LogP contribution in [0.1, 0.15) is 11.1 Å². The van der Waals surface area contributed by atoms with Crippen LogP contribution in [0.5, 0.6) is 5.75 Å². The van der Waals surface area contributed by atoms with E-state index in [1.54, 1.807) is 6.07 Å². The molecule has 31 heavy (non-hydrogen) atoms. The SMILES string of the molecule is O=c1/c(=C\c2ccccc2OCc2ccccc2)sc2nc(-c3ccccc3Cl)nn12. The summed E-state index contributed by atoms with van der Waals surface area (Å²) < 4.78 is 7.86. The molecule has 0 radical (unpaired) electrons. The van der Waals surface area contributed by atoms with Crippen molar-refractivity contribution in [1.82, 2.24) is 14.6 Å². The summed E-state index contributed by atoms with van der Waals surface area (Å²) in [4.78, 5) is 17.9. The summed E-state index contributed by atoms with van der Waals surface area (Å²) in [6.45, 7) is 0.451. The fourth-order valence-corrected chi connectivity index (χ4v) is 4.32. The monoisotopic (exact) mass is 445 g/mol. The summed E-state index contributed by atoms with van der Waals surface area (Å²) in [7, 11) is 0. The molecule has 7 heteroatoms. The Hall–Kier alpha value is -3.48. The number of ether oxygens (including phenoxy) is 1. The molecular weight excluding hydrogens is 430 g/mol.